The number of rotatable bonds is 0. The van der Waals surface area contributed by atoms with Crippen LogP contribution in [0.15, 0.2) is 12.4 Å². The maximum Gasteiger partial charge on any atom is 0.220 e. The number of fused-ring (bicyclic) bond motifs is 1. The first-order chi connectivity index (χ1) is 5.75. The minimum atomic E-state index is 0.205. The first kappa shape index (κ1) is 6.71. The topological polar surface area (TPSA) is 104 Å². The maximum absolute atomic E-state index is 5.35. The second kappa shape index (κ2) is 2.26. The molecule has 0 saturated carbocycles. The monoisotopic (exact) mass is 162 g/mol. The van der Waals surface area contributed by atoms with Gasteiger partial charge in [0, 0.05) is 0 Å². The average Bonchev–Trinajstić information content (AvgIpc) is 2.05. The molecule has 60 valence electrons. The van der Waals surface area contributed by atoms with E-state index in [2.05, 4.69) is 19.9 Å². The van der Waals surface area contributed by atoms with Crippen LogP contribution in [-0.4, -0.2) is 19.9 Å². The fraction of sp³-hybridized carbons (Fsp3) is 0. The Morgan fingerprint density at radius 1 is 0.833 bits per heavy atom. The first-order valence-electron chi connectivity index (χ1n) is 3.26. The maximum atomic E-state index is 5.35. The molecule has 0 aliphatic carbocycles. The van der Waals surface area contributed by atoms with Gasteiger partial charge in [-0.1, -0.05) is 0 Å². The third-order valence-electron chi connectivity index (χ3n) is 1.37. The molecule has 0 radical (unpaired) electrons. The summed E-state index contributed by atoms with van der Waals surface area (Å²) < 4.78 is 0. The minimum Gasteiger partial charge on any atom is -0.368 e. The van der Waals surface area contributed by atoms with Crippen molar-refractivity contribution in [3.63, 3.8) is 0 Å². The highest BCUT2D eigenvalue weighted by Crippen LogP contribution is 2.07. The molecule has 6 nitrogen and oxygen atoms in total. The van der Waals surface area contributed by atoms with Crippen LogP contribution < -0.4 is 11.5 Å². The van der Waals surface area contributed by atoms with E-state index in [0.29, 0.717) is 11.0 Å². The van der Waals surface area contributed by atoms with Crippen LogP contribution >= 0.6 is 0 Å². The molecule has 0 spiro atoms. The van der Waals surface area contributed by atoms with Crippen LogP contribution in [0.2, 0.25) is 0 Å². The molecule has 2 heterocycles. The second-order valence-electron chi connectivity index (χ2n) is 2.23. The molecule has 2 rings (SSSR count). The third-order valence-corrected chi connectivity index (χ3v) is 1.37. The van der Waals surface area contributed by atoms with Gasteiger partial charge in [-0.25, -0.2) is 19.9 Å². The molecule has 4 N–H and O–H groups in total. The van der Waals surface area contributed by atoms with Gasteiger partial charge in [-0.05, 0) is 0 Å². The van der Waals surface area contributed by atoms with E-state index in [1.165, 1.54) is 12.4 Å². The lowest BCUT2D eigenvalue weighted by Crippen LogP contribution is -1.98. The molecule has 2 aromatic heterocycles. The molecular formula is C6H6N6. The summed E-state index contributed by atoms with van der Waals surface area (Å²) in [5, 5.41) is 0. The summed E-state index contributed by atoms with van der Waals surface area (Å²) in [7, 11) is 0. The van der Waals surface area contributed by atoms with Crippen molar-refractivity contribution in [2.75, 3.05) is 11.5 Å². The van der Waals surface area contributed by atoms with Gasteiger partial charge in [-0.15, -0.1) is 0 Å². The Bertz CT molecular complexity index is 384. The lowest BCUT2D eigenvalue weighted by atomic mass is 10.4. The summed E-state index contributed by atoms with van der Waals surface area (Å²) in [5.74, 6) is 0.409. The zero-order valence-electron chi connectivity index (χ0n) is 6.10. The van der Waals surface area contributed by atoms with Gasteiger partial charge in [-0.2, -0.15) is 0 Å². The predicted octanol–water partition coefficient (Wildman–Crippen LogP) is -0.416. The predicted molar refractivity (Wildman–Crippen MR) is 44.0 cm³/mol. The van der Waals surface area contributed by atoms with Crippen LogP contribution in [0.4, 0.5) is 11.9 Å². The van der Waals surface area contributed by atoms with Crippen LogP contribution in [0, 0.1) is 0 Å². The molecule has 0 unspecified atom stereocenters. The molecule has 0 aliphatic rings. The zero-order chi connectivity index (χ0) is 8.55. The first-order valence-corrected chi connectivity index (χ1v) is 3.26. The summed E-state index contributed by atoms with van der Waals surface area (Å²) in [6.45, 7) is 0. The molecule has 0 aliphatic heterocycles. The fourth-order valence-corrected chi connectivity index (χ4v) is 0.864. The fourth-order valence-electron chi connectivity index (χ4n) is 0.864. The van der Waals surface area contributed by atoms with E-state index in [1.54, 1.807) is 0 Å². The normalized spacial score (nSPS) is 10.3. The summed E-state index contributed by atoms with van der Waals surface area (Å²) in [6.07, 6.45) is 3.02. The molecule has 0 fully saturated rings. The van der Waals surface area contributed by atoms with Crippen molar-refractivity contribution in [1.82, 2.24) is 19.9 Å². The Kier molecular flexibility index (Phi) is 1.26. The van der Waals surface area contributed by atoms with Gasteiger partial charge in [-0.3, -0.25) is 0 Å². The number of hydrogen-bond acceptors (Lipinski definition) is 6. The average molecular weight is 162 g/mol. The number of nitrogens with two attached hydrogens (primary N) is 2. The Labute approximate surface area is 67.7 Å². The van der Waals surface area contributed by atoms with Gasteiger partial charge in [0.15, 0.2) is 0 Å². The van der Waals surface area contributed by atoms with Crippen molar-refractivity contribution in [1.29, 1.82) is 0 Å². The smallest absolute Gasteiger partial charge is 0.220 e. The van der Waals surface area contributed by atoms with Gasteiger partial charge in [0.2, 0.25) is 11.9 Å². The van der Waals surface area contributed by atoms with Crippen LogP contribution in [0.1, 0.15) is 0 Å². The van der Waals surface area contributed by atoms with Gasteiger partial charge in [0.25, 0.3) is 0 Å². The largest absolute Gasteiger partial charge is 0.368 e. The number of hydrogen-bond donors (Lipinski definition) is 2. The summed E-state index contributed by atoms with van der Waals surface area (Å²) >= 11 is 0. The van der Waals surface area contributed by atoms with Crippen molar-refractivity contribution >= 4 is 22.9 Å². The van der Waals surface area contributed by atoms with Crippen molar-refractivity contribution in [3.8, 4) is 0 Å². The highest BCUT2D eigenvalue weighted by atomic mass is 15.0. The number of anilines is 2. The van der Waals surface area contributed by atoms with E-state index in [-0.39, 0.29) is 11.9 Å². The number of nitrogens with zero attached hydrogens (tertiary/aromatic N) is 4. The lowest BCUT2D eigenvalue weighted by molar-refractivity contribution is 1.17. The molecular weight excluding hydrogens is 156 g/mol. The van der Waals surface area contributed by atoms with Gasteiger partial charge in [0.05, 0.1) is 12.4 Å². The van der Waals surface area contributed by atoms with E-state index in [1.807, 2.05) is 0 Å². The van der Waals surface area contributed by atoms with Gasteiger partial charge >= 0.3 is 0 Å². The zero-order valence-corrected chi connectivity index (χ0v) is 6.10. The van der Waals surface area contributed by atoms with Crippen molar-refractivity contribution < 1.29 is 0 Å². The Morgan fingerprint density at radius 3 is 1.67 bits per heavy atom. The van der Waals surface area contributed by atoms with Crippen molar-refractivity contribution in [2.24, 2.45) is 0 Å². The highest BCUT2D eigenvalue weighted by molar-refractivity contribution is 5.73. The van der Waals surface area contributed by atoms with Crippen molar-refractivity contribution in [3.05, 3.63) is 12.4 Å². The molecule has 12 heavy (non-hydrogen) atoms. The SMILES string of the molecule is Nc1ncc2nc(N)ncc2n1. The number of aromatic nitrogens is 4. The van der Waals surface area contributed by atoms with Gasteiger partial charge in [0.1, 0.15) is 11.0 Å². The van der Waals surface area contributed by atoms with E-state index in [4.69, 9.17) is 11.5 Å². The Morgan fingerprint density at radius 2 is 1.25 bits per heavy atom. The van der Waals surface area contributed by atoms with E-state index >= 15 is 0 Å². The molecule has 0 amide bonds. The number of nitrogen functional groups attached to an aromatic ring is 2. The molecule has 6 heteroatoms. The summed E-state index contributed by atoms with van der Waals surface area (Å²) in [4.78, 5) is 15.3. The third kappa shape index (κ3) is 0.986. The summed E-state index contributed by atoms with van der Waals surface area (Å²) in [5.41, 5.74) is 11.9. The van der Waals surface area contributed by atoms with E-state index < -0.39 is 0 Å². The lowest BCUT2D eigenvalue weighted by Gasteiger charge is -1.96. The molecule has 2 aromatic rings. The molecule has 0 aromatic carbocycles. The van der Waals surface area contributed by atoms with Crippen LogP contribution in [0.5, 0.6) is 0 Å². The highest BCUT2D eigenvalue weighted by Gasteiger charge is 1.98. The Hall–Kier alpha value is -1.98. The standard InChI is InChI=1S/C6H6N6/c7-5-9-1-3-4(12-5)2-10-6(8)11-3/h1-2H,(H2,7,9,12)(H2,8,10,11). The Balaban J connectivity index is 2.79. The molecule has 0 atom stereocenters. The van der Waals surface area contributed by atoms with Gasteiger partial charge < -0.3 is 11.5 Å². The second-order valence-corrected chi connectivity index (χ2v) is 2.23. The minimum absolute atomic E-state index is 0.205. The van der Waals surface area contributed by atoms with Crippen LogP contribution in [-0.2, 0) is 0 Å². The van der Waals surface area contributed by atoms with Crippen molar-refractivity contribution in [2.45, 2.75) is 0 Å². The van der Waals surface area contributed by atoms with Crippen LogP contribution in [0.25, 0.3) is 11.0 Å². The molecule has 0 bridgehead atoms. The quantitative estimate of drug-likeness (QED) is 0.545. The van der Waals surface area contributed by atoms with E-state index in [0.717, 1.165) is 0 Å². The summed E-state index contributed by atoms with van der Waals surface area (Å²) in [6, 6.07) is 0. The van der Waals surface area contributed by atoms with Crippen LogP contribution in [0.3, 0.4) is 0 Å². The van der Waals surface area contributed by atoms with E-state index in [9.17, 15) is 0 Å². The molecule has 0 saturated heterocycles.